The highest BCUT2D eigenvalue weighted by molar-refractivity contribution is 7.91. The van der Waals surface area contributed by atoms with Crippen LogP contribution in [0, 0.1) is 0 Å². The minimum absolute atomic E-state index is 0.203. The molecule has 1 aliphatic rings. The summed E-state index contributed by atoms with van der Waals surface area (Å²) in [7, 11) is -3.17. The Kier molecular flexibility index (Phi) is 4.82. The molecule has 0 amide bonds. The first-order valence-electron chi connectivity index (χ1n) is 6.92. The summed E-state index contributed by atoms with van der Waals surface area (Å²) >= 11 is 0. The first-order chi connectivity index (χ1) is 9.13. The zero-order valence-electron chi connectivity index (χ0n) is 11.4. The Morgan fingerprint density at radius 2 is 2.16 bits per heavy atom. The van der Waals surface area contributed by atoms with Crippen molar-refractivity contribution in [2.45, 2.75) is 37.1 Å². The Hall–Kier alpha value is -1.07. The molecule has 0 spiro atoms. The molecular formula is C14H22N2O2S. The molecule has 1 aliphatic heterocycles. The lowest BCUT2D eigenvalue weighted by molar-refractivity contribution is 0.479. The van der Waals surface area contributed by atoms with Gasteiger partial charge < -0.3 is 10.6 Å². The van der Waals surface area contributed by atoms with Crippen molar-refractivity contribution in [1.29, 1.82) is 0 Å². The Morgan fingerprint density at radius 1 is 1.37 bits per heavy atom. The molecule has 0 saturated carbocycles. The minimum Gasteiger partial charge on any atom is -0.380 e. The van der Waals surface area contributed by atoms with Crippen molar-refractivity contribution < 1.29 is 8.42 Å². The fraction of sp³-hybridized carbons (Fsp3) is 0.571. The second-order valence-electron chi connectivity index (χ2n) is 5.00. The van der Waals surface area contributed by atoms with Crippen molar-refractivity contribution in [2.75, 3.05) is 24.2 Å². The number of para-hydroxylation sites is 1. The highest BCUT2D eigenvalue weighted by Gasteiger charge is 2.20. The number of rotatable bonds is 5. The van der Waals surface area contributed by atoms with Crippen molar-refractivity contribution in [3.63, 3.8) is 0 Å². The molecule has 1 aromatic carbocycles. The third-order valence-electron chi connectivity index (χ3n) is 3.35. The zero-order chi connectivity index (χ0) is 13.7. The normalized spacial score (nSPS) is 20.2. The fourth-order valence-corrected chi connectivity index (χ4v) is 3.94. The van der Waals surface area contributed by atoms with Crippen LogP contribution in [-0.4, -0.2) is 33.3 Å². The molecule has 0 bridgehead atoms. The largest absolute Gasteiger partial charge is 0.380 e. The molecule has 1 fully saturated rings. The van der Waals surface area contributed by atoms with Crippen molar-refractivity contribution in [3.8, 4) is 0 Å². The molecule has 2 rings (SSSR count). The van der Waals surface area contributed by atoms with Gasteiger partial charge >= 0.3 is 0 Å². The van der Waals surface area contributed by atoms with Gasteiger partial charge in [-0.25, -0.2) is 8.42 Å². The molecule has 0 aliphatic carbocycles. The van der Waals surface area contributed by atoms with Gasteiger partial charge in [0.2, 0.25) is 0 Å². The SMILES string of the molecule is CCCS(=O)(=O)c1ccccc1NC1CCCNC1. The van der Waals surface area contributed by atoms with Crippen molar-refractivity contribution in [3.05, 3.63) is 24.3 Å². The summed E-state index contributed by atoms with van der Waals surface area (Å²) in [4.78, 5) is 0.433. The van der Waals surface area contributed by atoms with E-state index < -0.39 is 9.84 Å². The number of hydrogen-bond acceptors (Lipinski definition) is 4. The van der Waals surface area contributed by atoms with Crippen molar-refractivity contribution in [2.24, 2.45) is 0 Å². The van der Waals surface area contributed by atoms with Crippen LogP contribution in [0.15, 0.2) is 29.2 Å². The topological polar surface area (TPSA) is 58.2 Å². The van der Waals surface area contributed by atoms with Gasteiger partial charge in [-0.3, -0.25) is 0 Å². The quantitative estimate of drug-likeness (QED) is 0.867. The molecule has 1 saturated heterocycles. The lowest BCUT2D eigenvalue weighted by Gasteiger charge is -2.25. The molecule has 1 heterocycles. The van der Waals surface area contributed by atoms with E-state index in [1.165, 1.54) is 0 Å². The van der Waals surface area contributed by atoms with E-state index in [0.717, 1.165) is 31.6 Å². The summed E-state index contributed by atoms with van der Waals surface area (Å²) < 4.78 is 24.5. The van der Waals surface area contributed by atoms with E-state index in [4.69, 9.17) is 0 Å². The second-order valence-corrected chi connectivity index (χ2v) is 7.08. The maximum Gasteiger partial charge on any atom is 0.180 e. The summed E-state index contributed by atoms with van der Waals surface area (Å²) in [6.45, 7) is 3.83. The summed E-state index contributed by atoms with van der Waals surface area (Å²) in [5.41, 5.74) is 0.740. The average molecular weight is 282 g/mol. The summed E-state index contributed by atoms with van der Waals surface area (Å²) in [6, 6.07) is 7.53. The number of sulfone groups is 1. The van der Waals surface area contributed by atoms with Gasteiger partial charge in [0.25, 0.3) is 0 Å². The Balaban J connectivity index is 2.20. The predicted octanol–water partition coefficient (Wildman–Crippen LogP) is 2.03. The molecule has 2 N–H and O–H groups in total. The van der Waals surface area contributed by atoms with Gasteiger partial charge in [0.05, 0.1) is 16.3 Å². The lowest BCUT2D eigenvalue weighted by atomic mass is 10.1. The number of hydrogen-bond donors (Lipinski definition) is 2. The molecule has 1 unspecified atom stereocenters. The Bertz CT molecular complexity index is 508. The van der Waals surface area contributed by atoms with Gasteiger partial charge in [-0.2, -0.15) is 0 Å². The van der Waals surface area contributed by atoms with Gasteiger partial charge in [-0.15, -0.1) is 0 Å². The zero-order valence-corrected chi connectivity index (χ0v) is 12.2. The van der Waals surface area contributed by atoms with Crippen molar-refractivity contribution >= 4 is 15.5 Å². The molecule has 0 radical (unpaired) electrons. The van der Waals surface area contributed by atoms with E-state index in [1.54, 1.807) is 12.1 Å². The average Bonchev–Trinajstić information content (AvgIpc) is 2.40. The number of benzene rings is 1. The van der Waals surface area contributed by atoms with Crippen molar-refractivity contribution in [1.82, 2.24) is 5.32 Å². The Labute approximate surface area is 115 Å². The molecule has 4 nitrogen and oxygen atoms in total. The van der Waals surface area contributed by atoms with Gasteiger partial charge in [-0.05, 0) is 37.9 Å². The number of nitrogens with one attached hydrogen (secondary N) is 2. The number of anilines is 1. The highest BCUT2D eigenvalue weighted by atomic mass is 32.2. The molecular weight excluding hydrogens is 260 g/mol. The lowest BCUT2D eigenvalue weighted by Crippen LogP contribution is -2.38. The summed E-state index contributed by atoms with van der Waals surface area (Å²) in [5, 5.41) is 6.70. The molecule has 5 heteroatoms. The van der Waals surface area contributed by atoms with Gasteiger partial charge in [-0.1, -0.05) is 19.1 Å². The molecule has 106 valence electrons. The van der Waals surface area contributed by atoms with E-state index in [9.17, 15) is 8.42 Å². The van der Waals surface area contributed by atoms with Crippen LogP contribution in [-0.2, 0) is 9.84 Å². The Morgan fingerprint density at radius 3 is 2.84 bits per heavy atom. The standard InChI is InChI=1S/C14H22N2O2S/c1-2-10-19(17,18)14-8-4-3-7-13(14)16-12-6-5-9-15-11-12/h3-4,7-8,12,15-16H,2,5-6,9-11H2,1H3. The van der Waals surface area contributed by atoms with E-state index in [0.29, 0.717) is 17.4 Å². The first kappa shape index (κ1) is 14.3. The van der Waals surface area contributed by atoms with E-state index in [2.05, 4.69) is 10.6 Å². The smallest absolute Gasteiger partial charge is 0.180 e. The second kappa shape index (κ2) is 6.39. The van der Waals surface area contributed by atoms with Crippen LogP contribution in [0.3, 0.4) is 0 Å². The van der Waals surface area contributed by atoms with E-state index >= 15 is 0 Å². The molecule has 1 atom stereocenters. The van der Waals surface area contributed by atoms with Crippen LogP contribution in [0.2, 0.25) is 0 Å². The summed E-state index contributed by atoms with van der Waals surface area (Å²) in [5.74, 6) is 0.203. The van der Waals surface area contributed by atoms with E-state index in [-0.39, 0.29) is 5.75 Å². The molecule has 0 aromatic heterocycles. The first-order valence-corrected chi connectivity index (χ1v) is 8.58. The monoisotopic (exact) mass is 282 g/mol. The van der Waals surface area contributed by atoms with Crippen LogP contribution in [0.4, 0.5) is 5.69 Å². The molecule has 1 aromatic rings. The number of piperidine rings is 1. The third-order valence-corrected chi connectivity index (χ3v) is 5.32. The maximum atomic E-state index is 12.2. The van der Waals surface area contributed by atoms with Crippen LogP contribution >= 0.6 is 0 Å². The van der Waals surface area contributed by atoms with E-state index in [1.807, 2.05) is 19.1 Å². The predicted molar refractivity (Wildman–Crippen MR) is 78.3 cm³/mol. The van der Waals surface area contributed by atoms with Gasteiger partial charge in [0, 0.05) is 12.6 Å². The fourth-order valence-electron chi connectivity index (χ4n) is 2.43. The van der Waals surface area contributed by atoms with Crippen LogP contribution in [0.25, 0.3) is 0 Å². The van der Waals surface area contributed by atoms with Gasteiger partial charge in [0.15, 0.2) is 9.84 Å². The summed E-state index contributed by atoms with van der Waals surface area (Å²) in [6.07, 6.45) is 2.85. The molecule has 19 heavy (non-hydrogen) atoms. The third kappa shape index (κ3) is 3.70. The van der Waals surface area contributed by atoms with Crippen LogP contribution in [0.5, 0.6) is 0 Å². The van der Waals surface area contributed by atoms with Crippen LogP contribution < -0.4 is 10.6 Å². The van der Waals surface area contributed by atoms with Crippen LogP contribution in [0.1, 0.15) is 26.2 Å². The maximum absolute atomic E-state index is 12.2. The minimum atomic E-state index is -3.17. The highest BCUT2D eigenvalue weighted by Crippen LogP contribution is 2.24. The van der Waals surface area contributed by atoms with Gasteiger partial charge in [0.1, 0.15) is 0 Å².